The Morgan fingerprint density at radius 3 is 2.69 bits per heavy atom. The molecule has 0 aliphatic heterocycles. The minimum Gasteiger partial charge on any atom is -0.496 e. The molecule has 0 atom stereocenters. The van der Waals surface area contributed by atoms with Crippen molar-refractivity contribution in [3.63, 3.8) is 0 Å². The molecule has 0 saturated carbocycles. The average Bonchev–Trinajstić information content (AvgIpc) is 2.60. The average molecular weight is 236 g/mol. The Bertz CT molecular complexity index is 499. The highest BCUT2D eigenvalue weighted by molar-refractivity contribution is 8.00. The summed E-state index contributed by atoms with van der Waals surface area (Å²) in [6, 6.07) is 4.07. The number of benzene rings is 1. The lowest BCUT2D eigenvalue weighted by molar-refractivity contribution is 0.405. The van der Waals surface area contributed by atoms with E-state index in [1.807, 2.05) is 6.07 Å². The first-order valence-electron chi connectivity index (χ1n) is 5.20. The number of nitrogens with zero attached hydrogens (tertiary/aromatic N) is 1. The summed E-state index contributed by atoms with van der Waals surface area (Å²) in [4.78, 5) is 8.48. The second-order valence-corrected chi connectivity index (χ2v) is 6.51. The van der Waals surface area contributed by atoms with Crippen LogP contribution in [0.15, 0.2) is 23.4 Å². The third-order valence-electron chi connectivity index (χ3n) is 2.12. The van der Waals surface area contributed by atoms with Crippen LogP contribution in [0.3, 0.4) is 0 Å². The molecule has 1 N–H and O–H groups in total. The highest BCUT2D eigenvalue weighted by Gasteiger charge is 2.16. The van der Waals surface area contributed by atoms with E-state index in [1.165, 1.54) is 0 Å². The molecule has 0 radical (unpaired) electrons. The van der Waals surface area contributed by atoms with Gasteiger partial charge in [-0.3, -0.25) is 0 Å². The van der Waals surface area contributed by atoms with Gasteiger partial charge in [0.05, 0.1) is 29.4 Å². The van der Waals surface area contributed by atoms with Gasteiger partial charge in [-0.2, -0.15) is 0 Å². The van der Waals surface area contributed by atoms with E-state index in [2.05, 4.69) is 36.8 Å². The molecule has 0 bridgehead atoms. The summed E-state index contributed by atoms with van der Waals surface area (Å²) in [6.45, 7) is 6.57. The maximum absolute atomic E-state index is 5.39. The Balaban J connectivity index is 2.48. The molecule has 1 aromatic carbocycles. The van der Waals surface area contributed by atoms with Crippen LogP contribution in [-0.4, -0.2) is 21.8 Å². The predicted molar refractivity (Wildman–Crippen MR) is 68.3 cm³/mol. The number of aromatic amines is 1. The largest absolute Gasteiger partial charge is 0.496 e. The predicted octanol–water partition coefficient (Wildman–Crippen LogP) is 3.46. The van der Waals surface area contributed by atoms with Gasteiger partial charge in [-0.15, -0.1) is 11.8 Å². The second-order valence-electron chi connectivity index (χ2n) is 4.64. The fourth-order valence-corrected chi connectivity index (χ4v) is 2.59. The molecule has 86 valence electrons. The summed E-state index contributed by atoms with van der Waals surface area (Å²) in [5.74, 6) is 0.888. The molecule has 0 fully saturated rings. The third kappa shape index (κ3) is 2.32. The van der Waals surface area contributed by atoms with Crippen molar-refractivity contribution >= 4 is 22.8 Å². The number of fused-ring (bicyclic) bond motifs is 1. The lowest BCUT2D eigenvalue weighted by Crippen LogP contribution is -2.07. The molecule has 4 heteroatoms. The van der Waals surface area contributed by atoms with Gasteiger partial charge in [0.2, 0.25) is 0 Å². The minimum absolute atomic E-state index is 0.168. The second kappa shape index (κ2) is 4.01. The number of hydrogen-bond acceptors (Lipinski definition) is 3. The van der Waals surface area contributed by atoms with E-state index in [0.717, 1.165) is 21.7 Å². The molecule has 0 saturated heterocycles. The quantitative estimate of drug-likeness (QED) is 0.811. The molecule has 2 rings (SSSR count). The van der Waals surface area contributed by atoms with Gasteiger partial charge in [0, 0.05) is 10.8 Å². The van der Waals surface area contributed by atoms with Crippen LogP contribution in [0.1, 0.15) is 20.8 Å². The molecule has 0 unspecified atom stereocenters. The van der Waals surface area contributed by atoms with Crippen molar-refractivity contribution in [2.75, 3.05) is 7.11 Å². The highest BCUT2D eigenvalue weighted by Crippen LogP contribution is 2.39. The highest BCUT2D eigenvalue weighted by atomic mass is 32.2. The van der Waals surface area contributed by atoms with Gasteiger partial charge >= 0.3 is 0 Å². The molecule has 1 heterocycles. The van der Waals surface area contributed by atoms with Crippen LogP contribution in [0.2, 0.25) is 0 Å². The number of ether oxygens (including phenoxy) is 1. The molecule has 0 amide bonds. The van der Waals surface area contributed by atoms with Crippen molar-refractivity contribution in [1.82, 2.24) is 9.97 Å². The van der Waals surface area contributed by atoms with E-state index >= 15 is 0 Å². The van der Waals surface area contributed by atoms with E-state index in [1.54, 1.807) is 25.2 Å². The zero-order valence-corrected chi connectivity index (χ0v) is 10.8. The molecule has 16 heavy (non-hydrogen) atoms. The minimum atomic E-state index is 0.168. The standard InChI is InChI=1S/C12H16N2OS/c1-12(2,3)16-11-6-9-8(13-7-14-9)5-10(11)15-4/h5-7H,1-4H3,(H,13,14). The fraction of sp³-hybridized carbons (Fsp3) is 0.417. The maximum Gasteiger partial charge on any atom is 0.134 e. The van der Waals surface area contributed by atoms with Gasteiger partial charge in [0.15, 0.2) is 0 Å². The summed E-state index contributed by atoms with van der Waals surface area (Å²) in [7, 11) is 1.69. The molecule has 0 spiro atoms. The number of rotatable bonds is 2. The van der Waals surface area contributed by atoms with E-state index in [9.17, 15) is 0 Å². The molecule has 2 aromatic rings. The van der Waals surface area contributed by atoms with Crippen LogP contribution in [0.4, 0.5) is 0 Å². The molecular weight excluding hydrogens is 220 g/mol. The van der Waals surface area contributed by atoms with Crippen LogP contribution in [0.5, 0.6) is 5.75 Å². The lowest BCUT2D eigenvalue weighted by Gasteiger charge is -2.19. The summed E-state index contributed by atoms with van der Waals surface area (Å²) >= 11 is 1.80. The Hall–Kier alpha value is -1.16. The Labute approximate surface area is 99.6 Å². The van der Waals surface area contributed by atoms with Crippen molar-refractivity contribution in [3.8, 4) is 5.75 Å². The zero-order chi connectivity index (χ0) is 11.8. The number of imidazole rings is 1. The number of thioether (sulfide) groups is 1. The van der Waals surface area contributed by atoms with Crippen LogP contribution in [0.25, 0.3) is 11.0 Å². The maximum atomic E-state index is 5.39. The van der Waals surface area contributed by atoms with E-state index in [-0.39, 0.29) is 4.75 Å². The first-order valence-corrected chi connectivity index (χ1v) is 6.01. The monoisotopic (exact) mass is 236 g/mol. The number of nitrogens with one attached hydrogen (secondary N) is 1. The molecular formula is C12H16N2OS. The first kappa shape index (κ1) is 11.3. The Kier molecular flexibility index (Phi) is 2.84. The van der Waals surface area contributed by atoms with Gasteiger partial charge in [-0.05, 0) is 6.07 Å². The van der Waals surface area contributed by atoms with E-state index in [0.29, 0.717) is 0 Å². The smallest absolute Gasteiger partial charge is 0.134 e. The Morgan fingerprint density at radius 1 is 1.31 bits per heavy atom. The van der Waals surface area contributed by atoms with Gasteiger partial charge < -0.3 is 9.72 Å². The van der Waals surface area contributed by atoms with Crippen LogP contribution in [-0.2, 0) is 0 Å². The summed E-state index contributed by atoms with van der Waals surface area (Å²) in [5, 5.41) is 0. The van der Waals surface area contributed by atoms with Gasteiger partial charge in [-0.1, -0.05) is 20.8 Å². The van der Waals surface area contributed by atoms with E-state index < -0.39 is 0 Å². The first-order chi connectivity index (χ1) is 7.49. The van der Waals surface area contributed by atoms with Gasteiger partial charge in [0.25, 0.3) is 0 Å². The number of hydrogen-bond donors (Lipinski definition) is 1. The molecule has 1 aromatic heterocycles. The SMILES string of the molecule is COc1cc2nc[nH]c2cc1SC(C)(C)C. The Morgan fingerprint density at radius 2 is 2.06 bits per heavy atom. The topological polar surface area (TPSA) is 37.9 Å². The van der Waals surface area contributed by atoms with Gasteiger partial charge in [-0.25, -0.2) is 4.98 Å². The van der Waals surface area contributed by atoms with E-state index in [4.69, 9.17) is 4.74 Å². The van der Waals surface area contributed by atoms with Crippen LogP contribution < -0.4 is 4.74 Å². The summed E-state index contributed by atoms with van der Waals surface area (Å²) in [5.41, 5.74) is 1.99. The normalized spacial score (nSPS) is 12.0. The van der Waals surface area contributed by atoms with Crippen molar-refractivity contribution in [2.24, 2.45) is 0 Å². The summed E-state index contributed by atoms with van der Waals surface area (Å²) < 4.78 is 5.56. The molecule has 3 nitrogen and oxygen atoms in total. The number of aromatic nitrogens is 2. The molecule has 0 aliphatic carbocycles. The molecule has 0 aliphatic rings. The van der Waals surface area contributed by atoms with Crippen molar-refractivity contribution in [3.05, 3.63) is 18.5 Å². The third-order valence-corrected chi connectivity index (χ3v) is 3.27. The summed E-state index contributed by atoms with van der Waals surface area (Å²) in [6.07, 6.45) is 1.70. The van der Waals surface area contributed by atoms with Crippen molar-refractivity contribution in [2.45, 2.75) is 30.4 Å². The van der Waals surface area contributed by atoms with Crippen molar-refractivity contribution in [1.29, 1.82) is 0 Å². The number of methoxy groups -OCH3 is 1. The lowest BCUT2D eigenvalue weighted by atomic mass is 10.3. The van der Waals surface area contributed by atoms with Crippen LogP contribution >= 0.6 is 11.8 Å². The van der Waals surface area contributed by atoms with Gasteiger partial charge in [0.1, 0.15) is 5.75 Å². The van der Waals surface area contributed by atoms with Crippen LogP contribution in [0, 0.1) is 0 Å². The zero-order valence-electron chi connectivity index (χ0n) is 10.00. The fourth-order valence-electron chi connectivity index (χ4n) is 1.51. The van der Waals surface area contributed by atoms with Crippen molar-refractivity contribution < 1.29 is 4.74 Å². The number of H-pyrrole nitrogens is 1.